The minimum Gasteiger partial charge on any atom is -0.456 e. The van der Waals surface area contributed by atoms with Gasteiger partial charge in [-0.05, 0) is 31.0 Å². The normalized spacial score (nSPS) is 20.8. The number of amides is 2. The van der Waals surface area contributed by atoms with Gasteiger partial charge in [-0.3, -0.25) is 0 Å². The van der Waals surface area contributed by atoms with Gasteiger partial charge in [0.25, 0.3) is 0 Å². The van der Waals surface area contributed by atoms with Crippen molar-refractivity contribution in [1.82, 2.24) is 5.32 Å². The average molecular weight is 296 g/mol. The molecule has 0 atom stereocenters. The summed E-state index contributed by atoms with van der Waals surface area (Å²) in [5, 5.41) is 17.0. The fourth-order valence-electron chi connectivity index (χ4n) is 2.86. The summed E-state index contributed by atoms with van der Waals surface area (Å²) >= 11 is 0. The van der Waals surface area contributed by atoms with Crippen LogP contribution in [0.3, 0.4) is 0 Å². The first-order valence-corrected chi connectivity index (χ1v) is 7.36. The number of carbonyl (C=O) groups is 1. The van der Waals surface area contributed by atoms with Crippen molar-refractivity contribution in [3.05, 3.63) is 42.5 Å². The lowest BCUT2D eigenvalue weighted by Gasteiger charge is -2.31. The molecule has 112 valence electrons. The van der Waals surface area contributed by atoms with Gasteiger partial charge in [-0.25, -0.2) is 4.79 Å². The molecule has 1 saturated carbocycles. The fraction of sp³-hybridized carbons (Fsp3) is 0.235. The summed E-state index contributed by atoms with van der Waals surface area (Å²) in [6.07, 6.45) is 0.962. The molecular formula is C17H16N2O3. The number of fused-ring (bicyclic) bond motifs is 3. The van der Waals surface area contributed by atoms with Gasteiger partial charge in [0.05, 0.1) is 6.10 Å². The van der Waals surface area contributed by atoms with Crippen LogP contribution < -0.4 is 10.6 Å². The van der Waals surface area contributed by atoms with Crippen LogP contribution in [0.5, 0.6) is 0 Å². The van der Waals surface area contributed by atoms with E-state index in [1.807, 2.05) is 42.5 Å². The SMILES string of the molecule is O=C(Nc1ccc2c(c1)oc1ccccc12)NC1CC(O)C1. The molecule has 1 fully saturated rings. The Hall–Kier alpha value is -2.53. The first-order chi connectivity index (χ1) is 10.7. The molecule has 1 aliphatic carbocycles. The molecule has 2 amide bonds. The number of nitrogens with one attached hydrogen (secondary N) is 2. The van der Waals surface area contributed by atoms with Gasteiger partial charge in [-0.2, -0.15) is 0 Å². The van der Waals surface area contributed by atoms with Crippen molar-refractivity contribution in [2.24, 2.45) is 0 Å². The Morgan fingerprint density at radius 1 is 1.09 bits per heavy atom. The van der Waals surface area contributed by atoms with Gasteiger partial charge in [0.1, 0.15) is 11.2 Å². The molecule has 22 heavy (non-hydrogen) atoms. The highest BCUT2D eigenvalue weighted by molar-refractivity contribution is 6.06. The fourth-order valence-corrected chi connectivity index (χ4v) is 2.86. The number of urea groups is 1. The molecule has 0 aliphatic heterocycles. The van der Waals surface area contributed by atoms with Crippen molar-refractivity contribution in [2.45, 2.75) is 25.0 Å². The summed E-state index contributed by atoms with van der Waals surface area (Å²) in [6.45, 7) is 0. The number of furan rings is 1. The number of aliphatic hydroxyl groups is 1. The summed E-state index contributed by atoms with van der Waals surface area (Å²) in [4.78, 5) is 11.9. The van der Waals surface area contributed by atoms with E-state index >= 15 is 0 Å². The van der Waals surface area contributed by atoms with Crippen LogP contribution in [0.4, 0.5) is 10.5 Å². The van der Waals surface area contributed by atoms with Gasteiger partial charge in [-0.1, -0.05) is 18.2 Å². The van der Waals surface area contributed by atoms with Crippen molar-refractivity contribution in [1.29, 1.82) is 0 Å². The average Bonchev–Trinajstić information content (AvgIpc) is 2.83. The lowest BCUT2D eigenvalue weighted by atomic mass is 9.90. The zero-order valence-corrected chi connectivity index (χ0v) is 11.9. The predicted octanol–water partition coefficient (Wildman–Crippen LogP) is 3.23. The van der Waals surface area contributed by atoms with E-state index in [1.165, 1.54) is 0 Å². The highest BCUT2D eigenvalue weighted by atomic mass is 16.3. The van der Waals surface area contributed by atoms with Crippen LogP contribution in [-0.2, 0) is 0 Å². The molecule has 0 bridgehead atoms. The van der Waals surface area contributed by atoms with E-state index in [0.29, 0.717) is 18.5 Å². The third-order valence-corrected chi connectivity index (χ3v) is 4.09. The molecule has 3 N–H and O–H groups in total. The van der Waals surface area contributed by atoms with Crippen LogP contribution in [0, 0.1) is 0 Å². The Labute approximate surface area is 126 Å². The lowest BCUT2D eigenvalue weighted by molar-refractivity contribution is 0.0671. The summed E-state index contributed by atoms with van der Waals surface area (Å²) in [5.74, 6) is 0. The van der Waals surface area contributed by atoms with Crippen molar-refractivity contribution in [3.63, 3.8) is 0 Å². The van der Waals surface area contributed by atoms with Crippen molar-refractivity contribution < 1.29 is 14.3 Å². The Morgan fingerprint density at radius 2 is 1.86 bits per heavy atom. The molecule has 5 nitrogen and oxygen atoms in total. The molecule has 2 aromatic carbocycles. The van der Waals surface area contributed by atoms with Crippen LogP contribution in [0.1, 0.15) is 12.8 Å². The summed E-state index contributed by atoms with van der Waals surface area (Å²) in [7, 11) is 0. The molecule has 0 unspecified atom stereocenters. The van der Waals surface area contributed by atoms with Crippen LogP contribution in [0.15, 0.2) is 46.9 Å². The Morgan fingerprint density at radius 3 is 2.68 bits per heavy atom. The Kier molecular flexibility index (Phi) is 3.01. The minimum absolute atomic E-state index is 0.0601. The number of benzene rings is 2. The van der Waals surface area contributed by atoms with E-state index in [-0.39, 0.29) is 18.2 Å². The smallest absolute Gasteiger partial charge is 0.319 e. The van der Waals surface area contributed by atoms with E-state index < -0.39 is 0 Å². The van der Waals surface area contributed by atoms with Crippen LogP contribution in [0.25, 0.3) is 21.9 Å². The van der Waals surface area contributed by atoms with Crippen molar-refractivity contribution in [3.8, 4) is 0 Å². The number of aliphatic hydroxyl groups excluding tert-OH is 1. The molecule has 1 heterocycles. The topological polar surface area (TPSA) is 74.5 Å². The van der Waals surface area contributed by atoms with Gasteiger partial charge in [0, 0.05) is 28.6 Å². The summed E-state index contributed by atoms with van der Waals surface area (Å²) in [5.41, 5.74) is 2.27. The number of rotatable bonds is 2. The highest BCUT2D eigenvalue weighted by Crippen LogP contribution is 2.30. The second-order valence-corrected chi connectivity index (χ2v) is 5.73. The number of para-hydroxylation sites is 1. The minimum atomic E-state index is -0.280. The van der Waals surface area contributed by atoms with Gasteiger partial charge < -0.3 is 20.2 Å². The molecular weight excluding hydrogens is 280 g/mol. The lowest BCUT2D eigenvalue weighted by Crippen LogP contribution is -2.48. The van der Waals surface area contributed by atoms with E-state index in [1.54, 1.807) is 0 Å². The Balaban J connectivity index is 1.54. The molecule has 5 heteroatoms. The quantitative estimate of drug-likeness (QED) is 0.679. The largest absolute Gasteiger partial charge is 0.456 e. The zero-order valence-electron chi connectivity index (χ0n) is 11.9. The monoisotopic (exact) mass is 296 g/mol. The molecule has 4 rings (SSSR count). The van der Waals surface area contributed by atoms with Gasteiger partial charge in [-0.15, -0.1) is 0 Å². The summed E-state index contributed by atoms with van der Waals surface area (Å²) < 4.78 is 5.80. The van der Waals surface area contributed by atoms with Crippen molar-refractivity contribution >= 4 is 33.7 Å². The van der Waals surface area contributed by atoms with Gasteiger partial charge >= 0.3 is 6.03 Å². The van der Waals surface area contributed by atoms with E-state index in [2.05, 4.69) is 10.6 Å². The molecule has 1 aliphatic rings. The number of hydrogen-bond donors (Lipinski definition) is 3. The third-order valence-electron chi connectivity index (χ3n) is 4.09. The molecule has 3 aromatic rings. The zero-order chi connectivity index (χ0) is 15.1. The molecule has 0 radical (unpaired) electrons. The van der Waals surface area contributed by atoms with Crippen molar-refractivity contribution in [2.75, 3.05) is 5.32 Å². The molecule has 0 saturated heterocycles. The van der Waals surface area contributed by atoms with E-state index in [4.69, 9.17) is 4.42 Å². The number of anilines is 1. The number of hydrogen-bond acceptors (Lipinski definition) is 3. The predicted molar refractivity (Wildman–Crippen MR) is 84.9 cm³/mol. The number of carbonyl (C=O) groups excluding carboxylic acids is 1. The van der Waals surface area contributed by atoms with E-state index in [9.17, 15) is 9.90 Å². The maximum atomic E-state index is 11.9. The molecule has 1 aromatic heterocycles. The van der Waals surface area contributed by atoms with E-state index in [0.717, 1.165) is 21.9 Å². The molecule has 0 spiro atoms. The Bertz CT molecular complexity index is 849. The summed E-state index contributed by atoms with van der Waals surface area (Å²) in [6, 6.07) is 13.3. The van der Waals surface area contributed by atoms with Crippen LogP contribution in [0.2, 0.25) is 0 Å². The maximum absolute atomic E-state index is 11.9. The first-order valence-electron chi connectivity index (χ1n) is 7.36. The van der Waals surface area contributed by atoms with Crippen LogP contribution >= 0.6 is 0 Å². The highest BCUT2D eigenvalue weighted by Gasteiger charge is 2.28. The third kappa shape index (κ3) is 2.29. The first kappa shape index (κ1) is 13.2. The second kappa shape index (κ2) is 5.03. The van der Waals surface area contributed by atoms with Crippen LogP contribution in [-0.4, -0.2) is 23.3 Å². The maximum Gasteiger partial charge on any atom is 0.319 e. The van der Waals surface area contributed by atoms with Gasteiger partial charge in [0.2, 0.25) is 0 Å². The second-order valence-electron chi connectivity index (χ2n) is 5.73. The standard InChI is InChI=1S/C17H16N2O3/c20-12-7-11(8-12)19-17(21)18-10-5-6-14-13-3-1-2-4-15(13)22-16(14)9-10/h1-6,9,11-12,20H,7-8H2,(H2,18,19,21). The van der Waals surface area contributed by atoms with Gasteiger partial charge in [0.15, 0.2) is 0 Å².